The molecule has 0 aliphatic rings. The van der Waals surface area contributed by atoms with Gasteiger partial charge in [0.05, 0.1) is 12.1 Å². The van der Waals surface area contributed by atoms with Gasteiger partial charge in [0.25, 0.3) is 0 Å². The van der Waals surface area contributed by atoms with Gasteiger partial charge in [0.15, 0.2) is 0 Å². The lowest BCUT2D eigenvalue weighted by Crippen LogP contribution is -2.27. The molecular formula is C13H18N6. The number of rotatable bonds is 5. The minimum absolute atomic E-state index is 0.131. The van der Waals surface area contributed by atoms with Gasteiger partial charge in [0, 0.05) is 18.5 Å². The largest absolute Gasteiger partial charge is 0.373 e. The third-order valence-electron chi connectivity index (χ3n) is 2.71. The van der Waals surface area contributed by atoms with Crippen molar-refractivity contribution in [2.75, 3.05) is 30.4 Å². The first kappa shape index (κ1) is 14.7. The van der Waals surface area contributed by atoms with Crippen LogP contribution in [0.2, 0.25) is 0 Å². The molecule has 1 rings (SSSR count). The molecule has 0 unspecified atom stereocenters. The van der Waals surface area contributed by atoms with Gasteiger partial charge in [-0.2, -0.15) is 10.5 Å². The van der Waals surface area contributed by atoms with Gasteiger partial charge in [-0.25, -0.2) is 9.97 Å². The smallest absolute Gasteiger partial charge is 0.139 e. The van der Waals surface area contributed by atoms with E-state index in [9.17, 15) is 0 Å². The van der Waals surface area contributed by atoms with E-state index in [0.717, 1.165) is 11.4 Å². The third kappa shape index (κ3) is 3.32. The Morgan fingerprint density at radius 3 is 2.21 bits per heavy atom. The minimum Gasteiger partial charge on any atom is -0.373 e. The first-order valence-corrected chi connectivity index (χ1v) is 6.10. The van der Waals surface area contributed by atoms with Crippen molar-refractivity contribution in [3.8, 4) is 12.1 Å². The number of nitrogens with one attached hydrogen (secondary N) is 1. The van der Waals surface area contributed by atoms with Crippen molar-refractivity contribution in [2.45, 2.75) is 26.7 Å². The number of anilines is 2. The number of aromatic nitrogens is 2. The summed E-state index contributed by atoms with van der Waals surface area (Å²) in [7, 11) is 1.79. The molecule has 0 saturated carbocycles. The fourth-order valence-electron chi connectivity index (χ4n) is 1.71. The number of nitriles is 2. The van der Waals surface area contributed by atoms with Crippen LogP contribution in [0.1, 0.15) is 31.2 Å². The summed E-state index contributed by atoms with van der Waals surface area (Å²) < 4.78 is 0. The molecule has 100 valence electrons. The molecule has 0 spiro atoms. The molecule has 19 heavy (non-hydrogen) atoms. The summed E-state index contributed by atoms with van der Waals surface area (Å²) in [6, 6.07) is 4.12. The van der Waals surface area contributed by atoms with Crippen LogP contribution in [0.5, 0.6) is 0 Å². The van der Waals surface area contributed by atoms with E-state index in [1.807, 2.05) is 20.8 Å². The lowest BCUT2D eigenvalue weighted by Gasteiger charge is -2.22. The van der Waals surface area contributed by atoms with E-state index in [1.165, 1.54) is 0 Å². The zero-order chi connectivity index (χ0) is 14.4. The highest BCUT2D eigenvalue weighted by molar-refractivity contribution is 5.59. The van der Waals surface area contributed by atoms with Crippen molar-refractivity contribution < 1.29 is 0 Å². The Morgan fingerprint density at radius 2 is 1.79 bits per heavy atom. The van der Waals surface area contributed by atoms with Crippen LogP contribution in [-0.2, 0) is 0 Å². The zero-order valence-electron chi connectivity index (χ0n) is 11.7. The molecule has 0 bridgehead atoms. The molecular weight excluding hydrogens is 240 g/mol. The normalized spacial score (nSPS) is 9.84. The van der Waals surface area contributed by atoms with Crippen LogP contribution in [0.4, 0.5) is 11.6 Å². The second-order valence-corrected chi connectivity index (χ2v) is 4.46. The molecule has 0 aromatic carbocycles. The highest BCUT2D eigenvalue weighted by atomic mass is 15.2. The molecule has 6 heteroatoms. The molecule has 1 aromatic heterocycles. The summed E-state index contributed by atoms with van der Waals surface area (Å²) in [6.45, 7) is 6.16. The van der Waals surface area contributed by atoms with E-state index >= 15 is 0 Å². The maximum absolute atomic E-state index is 8.86. The van der Waals surface area contributed by atoms with Crippen LogP contribution in [0.15, 0.2) is 0 Å². The fourth-order valence-corrected chi connectivity index (χ4v) is 1.71. The summed E-state index contributed by atoms with van der Waals surface area (Å²) in [5.74, 6) is 2.25. The van der Waals surface area contributed by atoms with Crippen LogP contribution in [0, 0.1) is 29.6 Å². The SMILES string of the molecule is CNc1nc(C(C)C)nc(N(CC#N)CC#N)c1C. The maximum atomic E-state index is 8.86. The van der Waals surface area contributed by atoms with E-state index in [2.05, 4.69) is 27.4 Å². The molecule has 1 N–H and O–H groups in total. The van der Waals surface area contributed by atoms with Crippen molar-refractivity contribution in [2.24, 2.45) is 0 Å². The monoisotopic (exact) mass is 258 g/mol. The van der Waals surface area contributed by atoms with Crippen LogP contribution in [0.3, 0.4) is 0 Å². The van der Waals surface area contributed by atoms with E-state index in [1.54, 1.807) is 11.9 Å². The second kappa shape index (κ2) is 6.55. The Balaban J connectivity index is 3.35. The molecule has 1 aromatic rings. The van der Waals surface area contributed by atoms with Crippen molar-refractivity contribution in [3.63, 3.8) is 0 Å². The van der Waals surface area contributed by atoms with Crippen molar-refractivity contribution in [1.82, 2.24) is 9.97 Å². The first-order valence-electron chi connectivity index (χ1n) is 6.10. The fraction of sp³-hybridized carbons (Fsp3) is 0.538. The van der Waals surface area contributed by atoms with Gasteiger partial charge >= 0.3 is 0 Å². The van der Waals surface area contributed by atoms with Gasteiger partial charge in [-0.15, -0.1) is 0 Å². The molecule has 0 aliphatic heterocycles. The van der Waals surface area contributed by atoms with Gasteiger partial charge in [-0.1, -0.05) is 13.8 Å². The highest BCUT2D eigenvalue weighted by Crippen LogP contribution is 2.25. The minimum atomic E-state index is 0.131. The van der Waals surface area contributed by atoms with Crippen LogP contribution < -0.4 is 10.2 Å². The average molecular weight is 258 g/mol. The Kier molecular flexibility index (Phi) is 5.08. The second-order valence-electron chi connectivity index (χ2n) is 4.46. The van der Waals surface area contributed by atoms with Crippen molar-refractivity contribution in [3.05, 3.63) is 11.4 Å². The number of hydrogen-bond acceptors (Lipinski definition) is 6. The van der Waals surface area contributed by atoms with Crippen LogP contribution in [0.25, 0.3) is 0 Å². The quantitative estimate of drug-likeness (QED) is 0.810. The molecule has 1 heterocycles. The third-order valence-corrected chi connectivity index (χ3v) is 2.71. The Bertz CT molecular complexity index is 507. The van der Waals surface area contributed by atoms with Crippen LogP contribution >= 0.6 is 0 Å². The predicted molar refractivity (Wildman–Crippen MR) is 73.8 cm³/mol. The Hall–Kier alpha value is -2.34. The lowest BCUT2D eigenvalue weighted by molar-refractivity contribution is 0.763. The van der Waals surface area contributed by atoms with E-state index in [4.69, 9.17) is 10.5 Å². The summed E-state index contributed by atoms with van der Waals surface area (Å²) in [5.41, 5.74) is 0.845. The molecule has 0 aliphatic carbocycles. The Labute approximate surface area is 113 Å². The molecule has 0 atom stereocenters. The van der Waals surface area contributed by atoms with E-state index in [0.29, 0.717) is 11.6 Å². The first-order chi connectivity index (χ1) is 9.04. The molecule has 0 amide bonds. The molecule has 6 nitrogen and oxygen atoms in total. The zero-order valence-corrected chi connectivity index (χ0v) is 11.7. The van der Waals surface area contributed by atoms with Crippen molar-refractivity contribution >= 4 is 11.6 Å². The standard InChI is InChI=1S/C13H18N6/c1-9(2)11-17-12(16-4)10(3)13(18-11)19(7-5-14)8-6-15/h9H,7-8H2,1-4H3,(H,16,17,18). The summed E-state index contributed by atoms with van der Waals surface area (Å²) in [6.07, 6.45) is 0. The van der Waals surface area contributed by atoms with Crippen molar-refractivity contribution in [1.29, 1.82) is 10.5 Å². The van der Waals surface area contributed by atoms with Gasteiger partial charge in [0.1, 0.15) is 30.5 Å². The van der Waals surface area contributed by atoms with Gasteiger partial charge in [-0.05, 0) is 6.92 Å². The maximum Gasteiger partial charge on any atom is 0.139 e. The summed E-state index contributed by atoms with van der Waals surface area (Å²) >= 11 is 0. The molecule has 0 fully saturated rings. The topological polar surface area (TPSA) is 88.6 Å². The van der Waals surface area contributed by atoms with Gasteiger partial charge in [-0.3, -0.25) is 0 Å². The highest BCUT2D eigenvalue weighted by Gasteiger charge is 2.17. The van der Waals surface area contributed by atoms with Gasteiger partial charge in [0.2, 0.25) is 0 Å². The summed E-state index contributed by atoms with van der Waals surface area (Å²) in [5, 5.41) is 20.7. The lowest BCUT2D eigenvalue weighted by atomic mass is 10.2. The van der Waals surface area contributed by atoms with Crippen LogP contribution in [-0.4, -0.2) is 30.1 Å². The molecule has 0 saturated heterocycles. The average Bonchev–Trinajstić information content (AvgIpc) is 2.38. The van der Waals surface area contributed by atoms with E-state index in [-0.39, 0.29) is 19.0 Å². The Morgan fingerprint density at radius 1 is 1.21 bits per heavy atom. The predicted octanol–water partition coefficient (Wildman–Crippen LogP) is 1.80. The molecule has 0 radical (unpaired) electrons. The number of nitrogens with zero attached hydrogens (tertiary/aromatic N) is 5. The number of hydrogen-bond donors (Lipinski definition) is 1. The van der Waals surface area contributed by atoms with E-state index < -0.39 is 0 Å². The van der Waals surface area contributed by atoms with Gasteiger partial charge < -0.3 is 10.2 Å². The summed E-state index contributed by atoms with van der Waals surface area (Å²) in [4.78, 5) is 10.6.